The molecule has 1 unspecified atom stereocenters. The van der Waals surface area contributed by atoms with E-state index in [1.807, 2.05) is 29.7 Å². The molecule has 3 heterocycles. The average molecular weight is 392 g/mol. The van der Waals surface area contributed by atoms with Gasteiger partial charge >= 0.3 is 0 Å². The van der Waals surface area contributed by atoms with Crippen LogP contribution in [0.1, 0.15) is 24.6 Å². The van der Waals surface area contributed by atoms with E-state index in [1.54, 1.807) is 41.5 Å². The molecule has 0 fully saturated rings. The van der Waals surface area contributed by atoms with Crippen LogP contribution in [0.25, 0.3) is 10.6 Å². The first-order valence-corrected chi connectivity index (χ1v) is 9.90. The quantitative estimate of drug-likeness (QED) is 0.867. The molecule has 0 radical (unpaired) electrons. The van der Waals surface area contributed by atoms with Gasteiger partial charge in [-0.05, 0) is 31.6 Å². The van der Waals surface area contributed by atoms with Gasteiger partial charge in [-0.25, -0.2) is 4.98 Å². The first-order chi connectivity index (χ1) is 13.5. The Hall–Kier alpha value is -3.06. The number of rotatable bonds is 4. The molecule has 6 nitrogen and oxygen atoms in total. The highest BCUT2D eigenvalue weighted by Gasteiger charge is 2.45. The van der Waals surface area contributed by atoms with Crippen LogP contribution in [0, 0.1) is 6.92 Å². The normalized spacial score (nSPS) is 20.7. The Morgan fingerprint density at radius 1 is 1.32 bits per heavy atom. The number of allylic oxidation sites excluding steroid dienone is 2. The Kier molecular flexibility index (Phi) is 4.68. The summed E-state index contributed by atoms with van der Waals surface area (Å²) in [5.74, 6) is -0.0233. The highest BCUT2D eigenvalue weighted by molar-refractivity contribution is 7.13. The second-order valence-electron chi connectivity index (χ2n) is 7.03. The standard InChI is InChI=1S/C21H20N4O2S/c1-14-7-3-4-8-16(14)19-23-15(13-28-19)12-22-20(27)21(2)11-18(26)24-17-9-5-6-10-25(17)21/h3-10,13H,11-12H2,1-2H3,(H,22,27). The van der Waals surface area contributed by atoms with Crippen LogP contribution in [0.4, 0.5) is 0 Å². The van der Waals surface area contributed by atoms with Gasteiger partial charge in [0.05, 0.1) is 18.7 Å². The summed E-state index contributed by atoms with van der Waals surface area (Å²) in [6, 6.07) is 8.09. The molecule has 1 aromatic heterocycles. The molecule has 2 aromatic rings. The van der Waals surface area contributed by atoms with Gasteiger partial charge in [0, 0.05) is 17.1 Å². The SMILES string of the molecule is Cc1ccccc1-c1nc(CNC(=O)C2(C)CC(=O)N=C3C=CC=CN32)cs1. The minimum atomic E-state index is -1.01. The maximum absolute atomic E-state index is 13.0. The predicted octanol–water partition coefficient (Wildman–Crippen LogP) is 3.21. The molecule has 0 saturated heterocycles. The van der Waals surface area contributed by atoms with Crippen LogP contribution in [0.5, 0.6) is 0 Å². The van der Waals surface area contributed by atoms with Gasteiger partial charge < -0.3 is 10.2 Å². The fraction of sp³-hybridized carbons (Fsp3) is 0.238. The fourth-order valence-electron chi connectivity index (χ4n) is 3.37. The van der Waals surface area contributed by atoms with E-state index in [1.165, 1.54) is 0 Å². The molecule has 1 atom stereocenters. The summed E-state index contributed by atoms with van der Waals surface area (Å²) in [6.07, 6.45) is 7.18. The number of thiazole rings is 1. The van der Waals surface area contributed by atoms with Crippen molar-refractivity contribution < 1.29 is 9.59 Å². The number of aromatic nitrogens is 1. The topological polar surface area (TPSA) is 74.7 Å². The van der Waals surface area contributed by atoms with Crippen molar-refractivity contribution in [1.29, 1.82) is 0 Å². The Morgan fingerprint density at radius 2 is 2.14 bits per heavy atom. The third kappa shape index (κ3) is 3.29. The molecule has 0 aliphatic carbocycles. The first kappa shape index (κ1) is 18.3. The Labute approximate surface area is 167 Å². The maximum atomic E-state index is 13.0. The zero-order chi connectivity index (χ0) is 19.7. The number of hydrogen-bond acceptors (Lipinski definition) is 5. The number of aryl methyl sites for hydroxylation is 1. The summed E-state index contributed by atoms with van der Waals surface area (Å²) >= 11 is 1.56. The Bertz CT molecular complexity index is 1040. The van der Waals surface area contributed by atoms with Crippen molar-refractivity contribution in [3.05, 3.63) is 65.3 Å². The zero-order valence-corrected chi connectivity index (χ0v) is 16.5. The van der Waals surface area contributed by atoms with Crippen molar-refractivity contribution in [2.75, 3.05) is 0 Å². The van der Waals surface area contributed by atoms with Crippen LogP contribution in [0.2, 0.25) is 0 Å². The highest BCUT2D eigenvalue weighted by atomic mass is 32.1. The Balaban J connectivity index is 1.48. The molecule has 142 valence electrons. The summed E-state index contributed by atoms with van der Waals surface area (Å²) in [4.78, 5) is 35.4. The van der Waals surface area contributed by atoms with E-state index in [0.717, 1.165) is 21.8 Å². The maximum Gasteiger partial charge on any atom is 0.250 e. The summed E-state index contributed by atoms with van der Waals surface area (Å²) in [6.45, 7) is 4.13. The van der Waals surface area contributed by atoms with E-state index >= 15 is 0 Å². The predicted molar refractivity (Wildman–Crippen MR) is 110 cm³/mol. The van der Waals surface area contributed by atoms with Gasteiger partial charge in [-0.15, -0.1) is 11.3 Å². The molecule has 2 aliphatic rings. The minimum absolute atomic E-state index is 0.0338. The van der Waals surface area contributed by atoms with Crippen molar-refractivity contribution >= 4 is 29.0 Å². The number of carbonyl (C=O) groups excluding carboxylic acids is 2. The largest absolute Gasteiger partial charge is 0.348 e. The summed E-state index contributed by atoms with van der Waals surface area (Å²) in [5.41, 5.74) is 2.05. The number of amides is 2. The van der Waals surface area contributed by atoms with Gasteiger partial charge in [0.1, 0.15) is 16.4 Å². The summed E-state index contributed by atoms with van der Waals surface area (Å²) < 4.78 is 0. The number of nitrogens with one attached hydrogen (secondary N) is 1. The van der Waals surface area contributed by atoms with Gasteiger partial charge in [-0.1, -0.05) is 30.3 Å². The van der Waals surface area contributed by atoms with Crippen LogP contribution in [0.15, 0.2) is 59.1 Å². The molecular formula is C21H20N4O2S. The van der Waals surface area contributed by atoms with Crippen molar-refractivity contribution in [1.82, 2.24) is 15.2 Å². The molecule has 1 aromatic carbocycles. The summed E-state index contributed by atoms with van der Waals surface area (Å²) in [5, 5.41) is 5.82. The molecule has 4 rings (SSSR count). The van der Waals surface area contributed by atoms with Crippen LogP contribution < -0.4 is 5.32 Å². The fourth-order valence-corrected chi connectivity index (χ4v) is 4.27. The van der Waals surface area contributed by atoms with E-state index in [9.17, 15) is 9.59 Å². The van der Waals surface area contributed by atoms with Gasteiger partial charge in [-0.3, -0.25) is 9.59 Å². The molecule has 0 bridgehead atoms. The number of benzene rings is 1. The van der Waals surface area contributed by atoms with Gasteiger partial charge in [0.2, 0.25) is 5.91 Å². The van der Waals surface area contributed by atoms with E-state index < -0.39 is 5.54 Å². The third-order valence-corrected chi connectivity index (χ3v) is 5.88. The zero-order valence-electron chi connectivity index (χ0n) is 15.7. The van der Waals surface area contributed by atoms with Crippen LogP contribution in [0.3, 0.4) is 0 Å². The summed E-state index contributed by atoms with van der Waals surface area (Å²) in [7, 11) is 0. The van der Waals surface area contributed by atoms with Crippen LogP contribution >= 0.6 is 11.3 Å². The lowest BCUT2D eigenvalue weighted by Gasteiger charge is -2.41. The molecular weight excluding hydrogens is 372 g/mol. The molecule has 0 spiro atoms. The van der Waals surface area contributed by atoms with Crippen molar-refractivity contribution in [3.63, 3.8) is 0 Å². The molecule has 28 heavy (non-hydrogen) atoms. The smallest absolute Gasteiger partial charge is 0.250 e. The van der Waals surface area contributed by atoms with E-state index in [4.69, 9.17) is 0 Å². The number of nitrogens with zero attached hydrogens (tertiary/aromatic N) is 3. The molecule has 2 amide bonds. The highest BCUT2D eigenvalue weighted by Crippen LogP contribution is 2.29. The van der Waals surface area contributed by atoms with Gasteiger partial charge in [0.25, 0.3) is 5.91 Å². The molecule has 2 aliphatic heterocycles. The average Bonchev–Trinajstić information content (AvgIpc) is 3.15. The van der Waals surface area contributed by atoms with Crippen LogP contribution in [-0.2, 0) is 16.1 Å². The Morgan fingerprint density at radius 3 is 2.96 bits per heavy atom. The number of aliphatic imine (C=N–C) groups is 1. The lowest BCUT2D eigenvalue weighted by molar-refractivity contribution is -0.134. The lowest BCUT2D eigenvalue weighted by atomic mass is 9.91. The van der Waals surface area contributed by atoms with Crippen LogP contribution in [-0.4, -0.2) is 33.1 Å². The van der Waals surface area contributed by atoms with Crippen molar-refractivity contribution in [2.45, 2.75) is 32.4 Å². The number of carbonyl (C=O) groups is 2. The monoisotopic (exact) mass is 392 g/mol. The molecule has 0 saturated carbocycles. The second kappa shape index (κ2) is 7.16. The molecule has 1 N–H and O–H groups in total. The van der Waals surface area contributed by atoms with E-state index in [0.29, 0.717) is 12.4 Å². The first-order valence-electron chi connectivity index (χ1n) is 9.02. The van der Waals surface area contributed by atoms with Crippen molar-refractivity contribution in [2.24, 2.45) is 4.99 Å². The van der Waals surface area contributed by atoms with Crippen molar-refractivity contribution in [3.8, 4) is 10.6 Å². The van der Waals surface area contributed by atoms with E-state index in [2.05, 4.69) is 28.3 Å². The number of fused-ring (bicyclic) bond motifs is 1. The third-order valence-electron chi connectivity index (χ3n) is 4.95. The molecule has 7 heteroatoms. The number of hydrogen-bond donors (Lipinski definition) is 1. The van der Waals surface area contributed by atoms with E-state index in [-0.39, 0.29) is 18.2 Å². The van der Waals surface area contributed by atoms with Gasteiger partial charge in [-0.2, -0.15) is 4.99 Å². The number of amidine groups is 1. The lowest BCUT2D eigenvalue weighted by Crippen LogP contribution is -2.59. The second-order valence-corrected chi connectivity index (χ2v) is 7.88. The van der Waals surface area contributed by atoms with Gasteiger partial charge in [0.15, 0.2) is 0 Å². The minimum Gasteiger partial charge on any atom is -0.348 e.